The van der Waals surface area contributed by atoms with Crippen molar-refractivity contribution in [1.29, 1.82) is 0 Å². The van der Waals surface area contributed by atoms with Crippen molar-refractivity contribution in [2.45, 2.75) is 110 Å². The standard InChI is InChI=1S/C23H42O4/c1-3-5-6-7-8-9-10-11-12-15-19-27-23(25)21-17-14-13-16-20(21)22(24)26-18-4-2/h20-21H,3-19H2,1-2H3. The third-order valence-electron chi connectivity index (χ3n) is 5.56. The number of unbranched alkanes of at least 4 members (excludes halogenated alkanes) is 9. The molecule has 4 nitrogen and oxygen atoms in total. The molecule has 1 aliphatic rings. The molecule has 1 fully saturated rings. The van der Waals surface area contributed by atoms with E-state index < -0.39 is 0 Å². The van der Waals surface area contributed by atoms with E-state index >= 15 is 0 Å². The number of hydrogen-bond acceptors (Lipinski definition) is 4. The highest BCUT2D eigenvalue weighted by atomic mass is 16.5. The molecule has 0 N–H and O–H groups in total. The molecule has 1 rings (SSSR count). The topological polar surface area (TPSA) is 52.6 Å². The maximum atomic E-state index is 12.4. The predicted molar refractivity (Wildman–Crippen MR) is 110 cm³/mol. The zero-order valence-corrected chi connectivity index (χ0v) is 17.8. The van der Waals surface area contributed by atoms with Crippen molar-refractivity contribution >= 4 is 11.9 Å². The van der Waals surface area contributed by atoms with Gasteiger partial charge in [0.05, 0.1) is 25.0 Å². The first-order valence-corrected chi connectivity index (χ1v) is 11.5. The zero-order chi connectivity index (χ0) is 19.7. The van der Waals surface area contributed by atoms with E-state index in [1.807, 2.05) is 6.92 Å². The second kappa shape index (κ2) is 15.9. The summed E-state index contributed by atoms with van der Waals surface area (Å²) < 4.78 is 10.8. The number of rotatable bonds is 15. The maximum absolute atomic E-state index is 12.4. The molecule has 0 aliphatic heterocycles. The number of carbonyl (C=O) groups excluding carboxylic acids is 2. The number of esters is 2. The Morgan fingerprint density at radius 1 is 0.630 bits per heavy atom. The molecule has 4 heteroatoms. The van der Waals surface area contributed by atoms with E-state index in [2.05, 4.69) is 6.92 Å². The van der Waals surface area contributed by atoms with Crippen LogP contribution < -0.4 is 0 Å². The Balaban J connectivity index is 2.11. The highest BCUT2D eigenvalue weighted by Crippen LogP contribution is 2.32. The third kappa shape index (κ3) is 10.8. The van der Waals surface area contributed by atoms with Crippen molar-refractivity contribution in [2.24, 2.45) is 11.8 Å². The largest absolute Gasteiger partial charge is 0.465 e. The minimum atomic E-state index is -0.300. The minimum Gasteiger partial charge on any atom is -0.465 e. The Morgan fingerprint density at radius 3 is 1.56 bits per heavy atom. The molecule has 0 bridgehead atoms. The van der Waals surface area contributed by atoms with Crippen LogP contribution in [0.1, 0.15) is 110 Å². The summed E-state index contributed by atoms with van der Waals surface area (Å²) in [7, 11) is 0. The molecule has 1 saturated carbocycles. The van der Waals surface area contributed by atoms with Gasteiger partial charge in [-0.3, -0.25) is 9.59 Å². The molecule has 0 aromatic carbocycles. The van der Waals surface area contributed by atoms with Gasteiger partial charge in [-0.25, -0.2) is 0 Å². The lowest BCUT2D eigenvalue weighted by Crippen LogP contribution is -2.35. The lowest BCUT2D eigenvalue weighted by molar-refractivity contribution is -0.163. The molecule has 0 aromatic heterocycles. The smallest absolute Gasteiger partial charge is 0.309 e. The van der Waals surface area contributed by atoms with E-state index in [0.29, 0.717) is 13.2 Å². The zero-order valence-electron chi connectivity index (χ0n) is 17.8. The lowest BCUT2D eigenvalue weighted by Gasteiger charge is -2.28. The molecule has 2 unspecified atom stereocenters. The van der Waals surface area contributed by atoms with Gasteiger partial charge < -0.3 is 9.47 Å². The highest BCUT2D eigenvalue weighted by Gasteiger charge is 2.37. The summed E-state index contributed by atoms with van der Waals surface area (Å²) in [4.78, 5) is 24.6. The molecular weight excluding hydrogens is 340 g/mol. The van der Waals surface area contributed by atoms with E-state index in [0.717, 1.165) is 44.9 Å². The summed E-state index contributed by atoms with van der Waals surface area (Å²) in [5.41, 5.74) is 0. The summed E-state index contributed by atoms with van der Waals surface area (Å²) >= 11 is 0. The van der Waals surface area contributed by atoms with E-state index in [1.165, 1.54) is 51.4 Å². The first-order chi connectivity index (χ1) is 13.2. The molecule has 0 aromatic rings. The quantitative estimate of drug-likeness (QED) is 0.249. The molecule has 0 spiro atoms. The Hall–Kier alpha value is -1.06. The Bertz CT molecular complexity index is 394. The fourth-order valence-electron chi connectivity index (χ4n) is 3.87. The van der Waals surface area contributed by atoms with Gasteiger partial charge in [0.15, 0.2) is 0 Å². The summed E-state index contributed by atoms with van der Waals surface area (Å²) in [6, 6.07) is 0. The van der Waals surface area contributed by atoms with E-state index in [1.54, 1.807) is 0 Å². The average molecular weight is 383 g/mol. The van der Waals surface area contributed by atoms with E-state index in [9.17, 15) is 9.59 Å². The number of carbonyl (C=O) groups is 2. The van der Waals surface area contributed by atoms with Gasteiger partial charge in [-0.2, -0.15) is 0 Å². The monoisotopic (exact) mass is 382 g/mol. The normalized spacial score (nSPS) is 19.6. The number of ether oxygens (including phenoxy) is 2. The van der Waals surface area contributed by atoms with Gasteiger partial charge in [0.25, 0.3) is 0 Å². The van der Waals surface area contributed by atoms with Crippen LogP contribution >= 0.6 is 0 Å². The van der Waals surface area contributed by atoms with Gasteiger partial charge >= 0.3 is 11.9 Å². The van der Waals surface area contributed by atoms with Crippen molar-refractivity contribution in [3.63, 3.8) is 0 Å². The van der Waals surface area contributed by atoms with Gasteiger partial charge in [0.1, 0.15) is 0 Å². The van der Waals surface area contributed by atoms with Crippen LogP contribution in [0.5, 0.6) is 0 Å². The molecule has 2 atom stereocenters. The Kier molecular flexibility index (Phi) is 14.2. The van der Waals surface area contributed by atoms with Crippen LogP contribution in [0.3, 0.4) is 0 Å². The second-order valence-corrected chi connectivity index (χ2v) is 8.01. The fraction of sp³-hybridized carbons (Fsp3) is 0.913. The van der Waals surface area contributed by atoms with E-state index in [-0.39, 0.29) is 23.8 Å². The van der Waals surface area contributed by atoms with Gasteiger partial charge in [-0.15, -0.1) is 0 Å². The molecule has 0 amide bonds. The minimum absolute atomic E-state index is 0.191. The molecule has 0 heterocycles. The fourth-order valence-corrected chi connectivity index (χ4v) is 3.87. The molecule has 27 heavy (non-hydrogen) atoms. The van der Waals surface area contributed by atoms with Crippen LogP contribution in [0.25, 0.3) is 0 Å². The van der Waals surface area contributed by atoms with Crippen LogP contribution in [-0.2, 0) is 19.1 Å². The van der Waals surface area contributed by atoms with Crippen LogP contribution in [0.2, 0.25) is 0 Å². The van der Waals surface area contributed by atoms with Crippen molar-refractivity contribution in [3.8, 4) is 0 Å². The van der Waals surface area contributed by atoms with Crippen LogP contribution in [0.4, 0.5) is 0 Å². The third-order valence-corrected chi connectivity index (χ3v) is 5.56. The lowest BCUT2D eigenvalue weighted by atomic mass is 9.79. The van der Waals surface area contributed by atoms with Crippen LogP contribution in [-0.4, -0.2) is 25.2 Å². The Labute approximate surface area is 166 Å². The SMILES string of the molecule is CCCCCCCCCCCCOC(=O)C1CCCCC1C(=O)OCCC. The Morgan fingerprint density at radius 2 is 1.07 bits per heavy atom. The highest BCUT2D eigenvalue weighted by molar-refractivity contribution is 5.82. The summed E-state index contributed by atoms with van der Waals surface area (Å²) in [5.74, 6) is -1.00. The maximum Gasteiger partial charge on any atom is 0.309 e. The van der Waals surface area contributed by atoms with Crippen molar-refractivity contribution in [2.75, 3.05) is 13.2 Å². The van der Waals surface area contributed by atoms with Gasteiger partial charge in [0.2, 0.25) is 0 Å². The molecular formula is C23H42O4. The van der Waals surface area contributed by atoms with Gasteiger partial charge in [0, 0.05) is 0 Å². The predicted octanol–water partition coefficient (Wildman–Crippen LogP) is 6.21. The van der Waals surface area contributed by atoms with Crippen molar-refractivity contribution in [3.05, 3.63) is 0 Å². The van der Waals surface area contributed by atoms with Crippen molar-refractivity contribution in [1.82, 2.24) is 0 Å². The van der Waals surface area contributed by atoms with Gasteiger partial charge in [-0.1, -0.05) is 84.5 Å². The van der Waals surface area contributed by atoms with Crippen LogP contribution in [0, 0.1) is 11.8 Å². The summed E-state index contributed by atoms with van der Waals surface area (Å²) in [6.45, 7) is 5.16. The number of hydrogen-bond donors (Lipinski definition) is 0. The van der Waals surface area contributed by atoms with Gasteiger partial charge in [-0.05, 0) is 25.7 Å². The molecule has 0 radical (unpaired) electrons. The molecule has 0 saturated heterocycles. The van der Waals surface area contributed by atoms with Crippen LogP contribution in [0.15, 0.2) is 0 Å². The summed E-state index contributed by atoms with van der Waals surface area (Å²) in [6.07, 6.45) is 17.0. The summed E-state index contributed by atoms with van der Waals surface area (Å²) in [5, 5.41) is 0. The van der Waals surface area contributed by atoms with E-state index in [4.69, 9.17) is 9.47 Å². The first-order valence-electron chi connectivity index (χ1n) is 11.5. The average Bonchev–Trinajstić information content (AvgIpc) is 2.70. The van der Waals surface area contributed by atoms with Crippen molar-refractivity contribution < 1.29 is 19.1 Å². The second-order valence-electron chi connectivity index (χ2n) is 8.01. The molecule has 1 aliphatic carbocycles. The first kappa shape index (κ1) is 24.0. The molecule has 158 valence electrons.